The Hall–Kier alpha value is -0.130. The third kappa shape index (κ3) is 4.04. The molecule has 0 atom stereocenters. The summed E-state index contributed by atoms with van der Waals surface area (Å²) in [6, 6.07) is 0. The van der Waals surface area contributed by atoms with Crippen LogP contribution in [0, 0.1) is 0 Å². The van der Waals surface area contributed by atoms with Gasteiger partial charge in [0, 0.05) is 12.3 Å². The third-order valence-electron chi connectivity index (χ3n) is 0.665. The van der Waals surface area contributed by atoms with E-state index in [2.05, 4.69) is 13.2 Å². The van der Waals surface area contributed by atoms with Crippen molar-refractivity contribution >= 4 is 8.15 Å². The van der Waals surface area contributed by atoms with Gasteiger partial charge in [0.15, 0.2) is 0 Å². The molecule has 45 valence electrons. The van der Waals surface area contributed by atoms with E-state index in [1.165, 1.54) is 0 Å². The van der Waals surface area contributed by atoms with E-state index in [1.54, 1.807) is 12.2 Å². The maximum absolute atomic E-state index is 10.6. The average Bonchev–Trinajstić information content (AvgIpc) is 1.68. The lowest BCUT2D eigenvalue weighted by atomic mass is 10.8. The van der Waals surface area contributed by atoms with Crippen LogP contribution in [0.15, 0.2) is 25.3 Å². The summed E-state index contributed by atoms with van der Waals surface area (Å²) in [6.45, 7) is 6.93. The standard InChI is InChI=1S/C6H10OP/c1-3-5-8(7)6-4-2/h3-4H,1-2,5-6H2. The fourth-order valence-electron chi connectivity index (χ4n) is 0.363. The quantitative estimate of drug-likeness (QED) is 0.409. The Labute approximate surface area is 51.6 Å². The summed E-state index contributed by atoms with van der Waals surface area (Å²) in [5.74, 6) is 0. The van der Waals surface area contributed by atoms with Crippen molar-refractivity contribution in [3.63, 3.8) is 0 Å². The first-order chi connectivity index (χ1) is 3.81. The molecule has 2 heteroatoms. The Morgan fingerprint density at radius 3 is 1.88 bits per heavy atom. The van der Waals surface area contributed by atoms with Crippen LogP contribution < -0.4 is 0 Å². The van der Waals surface area contributed by atoms with E-state index in [9.17, 15) is 4.89 Å². The maximum atomic E-state index is 10.6. The Bertz CT molecular complexity index is 70.6. The van der Waals surface area contributed by atoms with E-state index in [0.717, 1.165) is 0 Å². The predicted octanol–water partition coefficient (Wildman–Crippen LogP) is 2.19. The molecule has 0 saturated carbocycles. The van der Waals surface area contributed by atoms with E-state index in [-0.39, 0.29) is 0 Å². The van der Waals surface area contributed by atoms with Crippen LogP contribution in [-0.4, -0.2) is 12.3 Å². The highest BCUT2D eigenvalue weighted by Crippen LogP contribution is 2.29. The molecule has 0 fully saturated rings. The molecule has 0 unspecified atom stereocenters. The highest BCUT2D eigenvalue weighted by molar-refractivity contribution is 7.51. The number of hydrogen-bond donors (Lipinski definition) is 0. The molecule has 0 aliphatic rings. The lowest BCUT2D eigenvalue weighted by molar-refractivity contribution is 0.501. The predicted molar refractivity (Wildman–Crippen MR) is 37.7 cm³/mol. The molecule has 0 amide bonds. The largest absolute Gasteiger partial charge is 0.211 e. The molecule has 1 radical (unpaired) electrons. The Kier molecular flexibility index (Phi) is 4.93. The van der Waals surface area contributed by atoms with Crippen molar-refractivity contribution in [1.82, 2.24) is 0 Å². The van der Waals surface area contributed by atoms with Crippen LogP contribution in [-0.2, 0) is 4.89 Å². The first-order valence-electron chi connectivity index (χ1n) is 2.45. The van der Waals surface area contributed by atoms with Gasteiger partial charge in [-0.3, -0.25) is 0 Å². The lowest BCUT2D eigenvalue weighted by Gasteiger charge is -1.96. The van der Waals surface area contributed by atoms with Gasteiger partial charge >= 0.3 is 0 Å². The van der Waals surface area contributed by atoms with Crippen molar-refractivity contribution < 1.29 is 4.89 Å². The monoisotopic (exact) mass is 129 g/mol. The van der Waals surface area contributed by atoms with Crippen LogP contribution in [0.3, 0.4) is 0 Å². The van der Waals surface area contributed by atoms with Crippen LogP contribution in [0.4, 0.5) is 0 Å². The molecular weight excluding hydrogens is 119 g/mol. The van der Waals surface area contributed by atoms with Crippen molar-refractivity contribution in [2.45, 2.75) is 0 Å². The minimum Gasteiger partial charge on any atom is -0.211 e. The van der Waals surface area contributed by atoms with Gasteiger partial charge in [-0.25, -0.2) is 4.89 Å². The molecule has 0 bridgehead atoms. The fourth-order valence-corrected chi connectivity index (χ4v) is 1.09. The van der Waals surface area contributed by atoms with Crippen molar-refractivity contribution in [2.75, 3.05) is 12.3 Å². The molecule has 0 aromatic rings. The van der Waals surface area contributed by atoms with Crippen LogP contribution in [0.5, 0.6) is 0 Å². The highest BCUT2D eigenvalue weighted by Gasteiger charge is 1.97. The number of allylic oxidation sites excluding steroid dienone is 2. The van der Waals surface area contributed by atoms with Gasteiger partial charge in [-0.15, -0.1) is 13.2 Å². The molecule has 0 aliphatic heterocycles. The van der Waals surface area contributed by atoms with Crippen LogP contribution in [0.2, 0.25) is 0 Å². The maximum Gasteiger partial charge on any atom is 0.0788 e. The molecule has 0 aliphatic carbocycles. The second-order valence-electron chi connectivity index (χ2n) is 1.42. The summed E-state index contributed by atoms with van der Waals surface area (Å²) < 4.78 is 0. The Morgan fingerprint density at radius 1 is 1.25 bits per heavy atom. The minimum absolute atomic E-state index is 0.612. The van der Waals surface area contributed by atoms with Gasteiger partial charge < -0.3 is 0 Å². The van der Waals surface area contributed by atoms with Crippen molar-refractivity contribution in [1.29, 1.82) is 0 Å². The SMILES string of the molecule is C=CCP([O])CC=C. The third-order valence-corrected chi connectivity index (χ3v) is 2.00. The first kappa shape index (κ1) is 7.87. The highest BCUT2D eigenvalue weighted by atomic mass is 31.1. The summed E-state index contributed by atoms with van der Waals surface area (Å²) in [4.78, 5) is 10.6. The van der Waals surface area contributed by atoms with Gasteiger partial charge in [0.25, 0.3) is 0 Å². The summed E-state index contributed by atoms with van der Waals surface area (Å²) in [6.07, 6.45) is 4.56. The Morgan fingerprint density at radius 2 is 1.62 bits per heavy atom. The summed E-state index contributed by atoms with van der Waals surface area (Å²) in [5, 5.41) is 0. The molecule has 1 nitrogen and oxygen atoms in total. The summed E-state index contributed by atoms with van der Waals surface area (Å²) in [5.41, 5.74) is 0. The average molecular weight is 129 g/mol. The topological polar surface area (TPSA) is 19.9 Å². The minimum atomic E-state index is -1.07. The van der Waals surface area contributed by atoms with Crippen molar-refractivity contribution in [2.24, 2.45) is 0 Å². The molecule has 0 heterocycles. The summed E-state index contributed by atoms with van der Waals surface area (Å²) in [7, 11) is -1.07. The number of rotatable bonds is 4. The molecular formula is C6H10OP. The molecule has 0 rings (SSSR count). The first-order valence-corrected chi connectivity index (χ1v) is 4.08. The van der Waals surface area contributed by atoms with Gasteiger partial charge in [0.2, 0.25) is 0 Å². The zero-order valence-electron chi connectivity index (χ0n) is 4.84. The second-order valence-corrected chi connectivity index (χ2v) is 3.12. The van der Waals surface area contributed by atoms with E-state index in [1.807, 2.05) is 0 Å². The van der Waals surface area contributed by atoms with Gasteiger partial charge in [0.1, 0.15) is 0 Å². The van der Waals surface area contributed by atoms with Crippen molar-refractivity contribution in [3.05, 3.63) is 25.3 Å². The van der Waals surface area contributed by atoms with Gasteiger partial charge in [-0.1, -0.05) is 12.2 Å². The van der Waals surface area contributed by atoms with Crippen molar-refractivity contribution in [3.8, 4) is 0 Å². The molecule has 8 heavy (non-hydrogen) atoms. The van der Waals surface area contributed by atoms with E-state index in [4.69, 9.17) is 0 Å². The normalized spacial score (nSPS) is 9.25. The number of hydrogen-bond acceptors (Lipinski definition) is 0. The van der Waals surface area contributed by atoms with E-state index >= 15 is 0 Å². The second kappa shape index (κ2) is 5.02. The smallest absolute Gasteiger partial charge is 0.0788 e. The molecule has 0 aromatic heterocycles. The molecule has 0 spiro atoms. The Balaban J connectivity index is 3.16. The van der Waals surface area contributed by atoms with Gasteiger partial charge in [-0.2, -0.15) is 0 Å². The van der Waals surface area contributed by atoms with Crippen LogP contribution in [0.1, 0.15) is 0 Å². The zero-order chi connectivity index (χ0) is 6.41. The molecule has 0 aromatic carbocycles. The zero-order valence-corrected chi connectivity index (χ0v) is 5.73. The van der Waals surface area contributed by atoms with Gasteiger partial charge in [-0.05, 0) is 0 Å². The lowest BCUT2D eigenvalue weighted by Crippen LogP contribution is -1.78. The van der Waals surface area contributed by atoms with Crippen LogP contribution >= 0.6 is 8.15 Å². The van der Waals surface area contributed by atoms with E-state index in [0.29, 0.717) is 12.3 Å². The van der Waals surface area contributed by atoms with E-state index < -0.39 is 8.15 Å². The van der Waals surface area contributed by atoms with Gasteiger partial charge in [0.05, 0.1) is 8.15 Å². The van der Waals surface area contributed by atoms with Crippen LogP contribution in [0.25, 0.3) is 0 Å². The summed E-state index contributed by atoms with van der Waals surface area (Å²) >= 11 is 0. The fraction of sp³-hybridized carbons (Fsp3) is 0.333. The molecule has 0 saturated heterocycles. The molecule has 0 N–H and O–H groups in total.